The normalized spacial score (nSPS) is 20.7. The lowest BCUT2D eigenvalue weighted by Crippen LogP contribution is -2.17. The first-order chi connectivity index (χ1) is 13.0. The van der Waals surface area contributed by atoms with Crippen LogP contribution in [0.5, 0.6) is 5.75 Å². The summed E-state index contributed by atoms with van der Waals surface area (Å²) in [6.07, 6.45) is 2.60. The van der Waals surface area contributed by atoms with E-state index in [0.29, 0.717) is 32.6 Å². The van der Waals surface area contributed by atoms with Crippen LogP contribution >= 0.6 is 35.1 Å². The van der Waals surface area contributed by atoms with Crippen LogP contribution in [0.3, 0.4) is 0 Å². The maximum absolute atomic E-state index is 12.4. The molecule has 2 heterocycles. The maximum Gasteiger partial charge on any atom is 0.243 e. The van der Waals surface area contributed by atoms with Gasteiger partial charge in [-0.2, -0.15) is 0 Å². The van der Waals surface area contributed by atoms with E-state index in [1.54, 1.807) is 12.1 Å². The second kappa shape index (κ2) is 7.54. The Morgan fingerprint density at radius 3 is 2.74 bits per heavy atom. The molecule has 7 heteroatoms. The number of phenols is 1. The van der Waals surface area contributed by atoms with Crippen molar-refractivity contribution in [3.8, 4) is 5.75 Å². The van der Waals surface area contributed by atoms with Gasteiger partial charge in [0, 0.05) is 22.1 Å². The Morgan fingerprint density at radius 2 is 1.96 bits per heavy atom. The van der Waals surface area contributed by atoms with Crippen LogP contribution in [0.1, 0.15) is 28.8 Å². The molecule has 0 spiro atoms. The van der Waals surface area contributed by atoms with Crippen LogP contribution in [0.15, 0.2) is 64.1 Å². The number of allylic oxidation sites excluding steroid dienone is 1. The first-order valence-corrected chi connectivity index (χ1v) is 10.4. The van der Waals surface area contributed by atoms with Crippen LogP contribution in [0.25, 0.3) is 0 Å². The van der Waals surface area contributed by atoms with Gasteiger partial charge in [0.2, 0.25) is 5.12 Å². The highest BCUT2D eigenvalue weighted by atomic mass is 35.5. The molecule has 2 aliphatic rings. The van der Waals surface area contributed by atoms with Gasteiger partial charge < -0.3 is 5.11 Å². The van der Waals surface area contributed by atoms with E-state index in [1.807, 2.05) is 30.3 Å². The number of rotatable bonds is 3. The number of carbonyl (C=O) groups excluding carboxylic acids is 2. The molecule has 0 fully saturated rings. The van der Waals surface area contributed by atoms with Crippen LogP contribution in [-0.2, 0) is 4.79 Å². The Balaban J connectivity index is 1.53. The fraction of sp³-hybridized carbons (Fsp3) is 0.150. The minimum absolute atomic E-state index is 0.0387. The van der Waals surface area contributed by atoms with Crippen molar-refractivity contribution < 1.29 is 14.7 Å². The largest absolute Gasteiger partial charge is 0.507 e. The van der Waals surface area contributed by atoms with Gasteiger partial charge in [-0.3, -0.25) is 9.59 Å². The average molecular weight is 416 g/mol. The van der Waals surface area contributed by atoms with Crippen LogP contribution in [0.4, 0.5) is 0 Å². The number of nitrogens with zero attached hydrogens (tertiary/aromatic N) is 1. The summed E-state index contributed by atoms with van der Waals surface area (Å²) in [5.74, 6) is -0.170. The molecule has 27 heavy (non-hydrogen) atoms. The highest BCUT2D eigenvalue weighted by molar-refractivity contribution is 8.27. The van der Waals surface area contributed by atoms with E-state index < -0.39 is 0 Å². The van der Waals surface area contributed by atoms with Crippen molar-refractivity contribution in [3.63, 3.8) is 0 Å². The Morgan fingerprint density at radius 1 is 1.19 bits per heavy atom. The topological polar surface area (TPSA) is 66.7 Å². The monoisotopic (exact) mass is 415 g/mol. The first kappa shape index (κ1) is 18.3. The van der Waals surface area contributed by atoms with E-state index in [-0.39, 0.29) is 28.3 Å². The van der Waals surface area contributed by atoms with Crippen molar-refractivity contribution in [2.75, 3.05) is 0 Å². The summed E-state index contributed by atoms with van der Waals surface area (Å²) in [5.41, 5.74) is 1.63. The van der Waals surface area contributed by atoms with Crippen LogP contribution in [0, 0.1) is 0 Å². The minimum atomic E-state index is -0.132. The van der Waals surface area contributed by atoms with Crippen molar-refractivity contribution >= 4 is 51.1 Å². The lowest BCUT2D eigenvalue weighted by Gasteiger charge is -2.23. The second-order valence-corrected chi connectivity index (χ2v) is 8.81. The zero-order valence-corrected chi connectivity index (χ0v) is 16.4. The molecule has 0 saturated heterocycles. The SMILES string of the molecule is O=C1SC(c2ccccc2)=NC1=CCC1CC(=O)c2c(O)ccc(Cl)c2S1. The van der Waals surface area contributed by atoms with Crippen molar-refractivity contribution in [2.45, 2.75) is 23.0 Å². The van der Waals surface area contributed by atoms with Crippen LogP contribution in [-0.4, -0.2) is 26.3 Å². The van der Waals surface area contributed by atoms with Crippen LogP contribution in [0.2, 0.25) is 5.02 Å². The smallest absolute Gasteiger partial charge is 0.243 e. The van der Waals surface area contributed by atoms with Gasteiger partial charge in [-0.15, -0.1) is 11.8 Å². The number of thioether (sulfide) groups is 2. The summed E-state index contributed by atoms with van der Waals surface area (Å²) in [4.78, 5) is 29.7. The zero-order valence-electron chi connectivity index (χ0n) is 14.0. The van der Waals surface area contributed by atoms with E-state index in [2.05, 4.69) is 4.99 Å². The number of phenolic OH excluding ortho intramolecular Hbond substituents is 1. The summed E-state index contributed by atoms with van der Waals surface area (Å²) in [7, 11) is 0. The molecule has 2 aromatic carbocycles. The third kappa shape index (κ3) is 3.70. The summed E-state index contributed by atoms with van der Waals surface area (Å²) in [6, 6.07) is 12.6. The number of Topliss-reactive ketones (excluding diaryl/α,β-unsaturated/α-hetero) is 1. The molecule has 4 nitrogen and oxygen atoms in total. The molecule has 0 aromatic heterocycles. The van der Waals surface area contributed by atoms with Gasteiger partial charge in [0.15, 0.2) is 5.78 Å². The van der Waals surface area contributed by atoms with Gasteiger partial charge in [-0.1, -0.05) is 48.0 Å². The molecule has 0 amide bonds. The number of aromatic hydroxyl groups is 1. The van der Waals surface area contributed by atoms with E-state index in [0.717, 1.165) is 17.3 Å². The van der Waals surface area contributed by atoms with E-state index in [1.165, 1.54) is 17.8 Å². The number of halogens is 1. The van der Waals surface area contributed by atoms with Gasteiger partial charge in [-0.05, 0) is 30.3 Å². The van der Waals surface area contributed by atoms with Gasteiger partial charge in [0.05, 0.1) is 10.6 Å². The van der Waals surface area contributed by atoms with Gasteiger partial charge in [0.25, 0.3) is 0 Å². The predicted molar refractivity (Wildman–Crippen MR) is 110 cm³/mol. The van der Waals surface area contributed by atoms with Crippen LogP contribution < -0.4 is 0 Å². The second-order valence-electron chi connectivity index (χ2n) is 6.14. The van der Waals surface area contributed by atoms with Crippen molar-refractivity contribution in [2.24, 2.45) is 4.99 Å². The highest BCUT2D eigenvalue weighted by Gasteiger charge is 2.30. The molecule has 1 atom stereocenters. The highest BCUT2D eigenvalue weighted by Crippen LogP contribution is 2.44. The molecular weight excluding hydrogens is 402 g/mol. The molecule has 0 aliphatic carbocycles. The molecule has 136 valence electrons. The van der Waals surface area contributed by atoms with Crippen molar-refractivity contribution in [1.29, 1.82) is 0 Å². The predicted octanol–water partition coefficient (Wildman–Crippen LogP) is 5.09. The fourth-order valence-corrected chi connectivity index (χ4v) is 5.35. The van der Waals surface area contributed by atoms with Gasteiger partial charge in [0.1, 0.15) is 16.5 Å². The molecule has 2 aliphatic heterocycles. The molecule has 1 N–H and O–H groups in total. The third-order valence-electron chi connectivity index (χ3n) is 4.28. The average Bonchev–Trinajstić information content (AvgIpc) is 3.04. The molecule has 4 rings (SSSR count). The maximum atomic E-state index is 12.4. The summed E-state index contributed by atoms with van der Waals surface area (Å²) >= 11 is 8.78. The lowest BCUT2D eigenvalue weighted by molar-refractivity contribution is -0.107. The Kier molecular flexibility index (Phi) is 5.12. The fourth-order valence-electron chi connectivity index (χ4n) is 2.97. The summed E-state index contributed by atoms with van der Waals surface area (Å²) < 4.78 is 0. The minimum Gasteiger partial charge on any atom is -0.507 e. The molecule has 1 unspecified atom stereocenters. The number of benzene rings is 2. The standard InChI is InChI=1S/C20H14ClNO3S2/c21-13-7-9-15(23)17-16(24)10-12(26-18(13)17)6-8-14-20(25)27-19(22-14)11-4-2-1-3-5-11/h1-5,7-9,12,23H,6,10H2. The first-order valence-electron chi connectivity index (χ1n) is 8.30. The van der Waals surface area contributed by atoms with E-state index in [4.69, 9.17) is 11.6 Å². The lowest BCUT2D eigenvalue weighted by atomic mass is 10.0. The Hall–Kier alpha value is -2.02. The quantitative estimate of drug-likeness (QED) is 0.707. The number of hydrogen-bond acceptors (Lipinski definition) is 6. The number of carbonyl (C=O) groups is 2. The van der Waals surface area contributed by atoms with E-state index >= 15 is 0 Å². The van der Waals surface area contributed by atoms with Gasteiger partial charge >= 0.3 is 0 Å². The number of hydrogen-bond donors (Lipinski definition) is 1. The van der Waals surface area contributed by atoms with Crippen molar-refractivity contribution in [1.82, 2.24) is 0 Å². The summed E-state index contributed by atoms with van der Waals surface area (Å²) in [6.45, 7) is 0. The van der Waals surface area contributed by atoms with E-state index in [9.17, 15) is 14.7 Å². The summed E-state index contributed by atoms with van der Waals surface area (Å²) in [5, 5.41) is 11.0. The number of aliphatic imine (C=N–C) groups is 1. The Bertz CT molecular complexity index is 1000. The molecule has 0 saturated carbocycles. The zero-order chi connectivity index (χ0) is 19.0. The molecular formula is C20H14ClNO3S2. The molecule has 0 radical (unpaired) electrons. The van der Waals surface area contributed by atoms with Crippen molar-refractivity contribution in [3.05, 3.63) is 70.4 Å². The molecule has 2 aromatic rings. The number of ketones is 1. The molecule has 0 bridgehead atoms. The third-order valence-corrected chi connectivity index (χ3v) is 6.97. The number of fused-ring (bicyclic) bond motifs is 1. The Labute approximate surface area is 169 Å². The van der Waals surface area contributed by atoms with Gasteiger partial charge in [-0.25, -0.2) is 4.99 Å².